The summed E-state index contributed by atoms with van der Waals surface area (Å²) in [6.07, 6.45) is 7.80. The van der Waals surface area contributed by atoms with Crippen LogP contribution in [0.25, 0.3) is 10.9 Å². The highest BCUT2D eigenvalue weighted by Gasteiger charge is 2.29. The molecule has 4 rings (SSSR count). The second kappa shape index (κ2) is 7.43. The number of halogens is 1. The second-order valence-electron chi connectivity index (χ2n) is 7.91. The number of nitrogens with one attached hydrogen (secondary N) is 2. The third-order valence-electron chi connectivity index (χ3n) is 5.49. The summed E-state index contributed by atoms with van der Waals surface area (Å²) in [5.41, 5.74) is 3.40. The molecule has 0 saturated heterocycles. The monoisotopic (exact) mass is 383 g/mol. The van der Waals surface area contributed by atoms with Crippen molar-refractivity contribution in [2.24, 2.45) is 5.92 Å². The van der Waals surface area contributed by atoms with E-state index in [1.807, 2.05) is 41.2 Å². The molecule has 2 heterocycles. The minimum absolute atomic E-state index is 0.00920. The molecule has 0 bridgehead atoms. The van der Waals surface area contributed by atoms with E-state index in [0.717, 1.165) is 41.9 Å². The zero-order chi connectivity index (χ0) is 19.0. The molecule has 2 atom stereocenters. The van der Waals surface area contributed by atoms with Crippen molar-refractivity contribution in [3.8, 4) is 0 Å². The van der Waals surface area contributed by atoms with Crippen molar-refractivity contribution in [1.29, 1.82) is 0 Å². The number of rotatable bonds is 5. The van der Waals surface area contributed by atoms with Crippen LogP contribution in [-0.2, 0) is 11.2 Å². The summed E-state index contributed by atoms with van der Waals surface area (Å²) in [5.74, 6) is 0.527. The summed E-state index contributed by atoms with van der Waals surface area (Å²) >= 11 is 6.38. The Bertz CT molecular complexity index is 942. The number of benzene rings is 1. The van der Waals surface area contributed by atoms with Gasteiger partial charge in [-0.1, -0.05) is 37.6 Å². The topological polar surface area (TPSA) is 49.8 Å². The van der Waals surface area contributed by atoms with Crippen molar-refractivity contribution < 1.29 is 4.79 Å². The number of para-hydroxylation sites is 1. The maximum atomic E-state index is 13.2. The van der Waals surface area contributed by atoms with Gasteiger partial charge < -0.3 is 14.9 Å². The predicted octanol–water partition coefficient (Wildman–Crippen LogP) is 5.40. The zero-order valence-electron chi connectivity index (χ0n) is 15.8. The number of hydrogen-bond acceptors (Lipinski definition) is 1. The van der Waals surface area contributed by atoms with Gasteiger partial charge in [0.1, 0.15) is 6.04 Å². The van der Waals surface area contributed by atoms with Crippen LogP contribution < -0.4 is 5.32 Å². The Morgan fingerprint density at radius 1 is 1.30 bits per heavy atom. The van der Waals surface area contributed by atoms with E-state index in [1.54, 1.807) is 0 Å². The average molecular weight is 384 g/mol. The number of aromatic nitrogens is 2. The third kappa shape index (κ3) is 3.51. The molecule has 0 spiro atoms. The number of carbonyl (C=O) groups excluding carboxylic acids is 1. The number of fused-ring (bicyclic) bond motifs is 3. The molecule has 2 unspecified atom stereocenters. The van der Waals surface area contributed by atoms with E-state index in [2.05, 4.69) is 30.2 Å². The minimum Gasteiger partial charge on any atom is -0.355 e. The largest absolute Gasteiger partial charge is 0.355 e. The first-order chi connectivity index (χ1) is 13.0. The van der Waals surface area contributed by atoms with Crippen LogP contribution in [0, 0.1) is 5.92 Å². The van der Waals surface area contributed by atoms with Gasteiger partial charge >= 0.3 is 0 Å². The molecule has 1 amide bonds. The van der Waals surface area contributed by atoms with Crippen molar-refractivity contribution in [1.82, 2.24) is 14.9 Å². The molecule has 2 aromatic heterocycles. The van der Waals surface area contributed by atoms with Crippen molar-refractivity contribution in [2.45, 2.75) is 51.6 Å². The summed E-state index contributed by atoms with van der Waals surface area (Å²) in [7, 11) is 0. The fraction of sp³-hybridized carbons (Fsp3) is 0.409. The predicted molar refractivity (Wildman–Crippen MR) is 110 cm³/mol. The van der Waals surface area contributed by atoms with Gasteiger partial charge in [-0.25, -0.2) is 0 Å². The highest BCUT2D eigenvalue weighted by molar-refractivity contribution is 6.35. The quantitative estimate of drug-likeness (QED) is 0.608. The fourth-order valence-electron chi connectivity index (χ4n) is 4.23. The Morgan fingerprint density at radius 3 is 2.81 bits per heavy atom. The van der Waals surface area contributed by atoms with E-state index in [0.29, 0.717) is 5.92 Å². The van der Waals surface area contributed by atoms with Crippen molar-refractivity contribution >= 4 is 28.4 Å². The molecule has 142 valence electrons. The molecule has 0 saturated carbocycles. The number of nitrogens with zero attached hydrogens (tertiary/aromatic N) is 1. The first-order valence-electron chi connectivity index (χ1n) is 9.76. The Balaban J connectivity index is 1.62. The molecule has 0 fully saturated rings. The molecule has 2 N–H and O–H groups in total. The van der Waals surface area contributed by atoms with Gasteiger partial charge in [-0.15, -0.1) is 0 Å². The SMILES string of the molecule is CC(C)CC(C(=O)NC1CCCc2c1[nH]c1c(Cl)cccc21)n1cccc1. The van der Waals surface area contributed by atoms with Crippen LogP contribution in [0.15, 0.2) is 42.7 Å². The number of amides is 1. The van der Waals surface area contributed by atoms with E-state index in [1.165, 1.54) is 10.9 Å². The first-order valence-corrected chi connectivity index (χ1v) is 10.1. The van der Waals surface area contributed by atoms with Crippen LogP contribution in [0.2, 0.25) is 5.02 Å². The number of H-pyrrole nitrogens is 1. The van der Waals surface area contributed by atoms with E-state index < -0.39 is 0 Å². The number of aromatic amines is 1. The molecule has 0 radical (unpaired) electrons. The number of carbonyl (C=O) groups is 1. The van der Waals surface area contributed by atoms with Crippen LogP contribution in [-0.4, -0.2) is 15.5 Å². The van der Waals surface area contributed by atoms with Gasteiger partial charge in [-0.3, -0.25) is 4.79 Å². The highest BCUT2D eigenvalue weighted by Crippen LogP contribution is 2.37. The summed E-state index contributed by atoms with van der Waals surface area (Å²) in [6, 6.07) is 9.78. The van der Waals surface area contributed by atoms with Crippen molar-refractivity contribution in [3.05, 3.63) is 59.0 Å². The molecule has 4 nitrogen and oxygen atoms in total. The molecular weight excluding hydrogens is 358 g/mol. The lowest BCUT2D eigenvalue weighted by Crippen LogP contribution is -2.37. The van der Waals surface area contributed by atoms with Gasteiger partial charge in [0.2, 0.25) is 5.91 Å². The molecule has 1 aliphatic rings. The number of aryl methyl sites for hydroxylation is 1. The van der Waals surface area contributed by atoms with E-state index in [4.69, 9.17) is 11.6 Å². The Labute approximate surface area is 164 Å². The standard InChI is InChI=1S/C22H26ClN3O/c1-14(2)13-19(26-11-3-4-12-26)22(27)24-18-10-6-8-16-15-7-5-9-17(23)20(15)25-21(16)18/h3-5,7,9,11-12,14,18-19,25H,6,8,10,13H2,1-2H3,(H,24,27). The van der Waals surface area contributed by atoms with Crippen LogP contribution in [0.1, 0.15) is 56.5 Å². The Hall–Kier alpha value is -2.20. The van der Waals surface area contributed by atoms with Gasteiger partial charge in [0.15, 0.2) is 0 Å². The maximum absolute atomic E-state index is 13.2. The second-order valence-corrected chi connectivity index (χ2v) is 8.32. The molecule has 1 aliphatic carbocycles. The zero-order valence-corrected chi connectivity index (χ0v) is 16.6. The van der Waals surface area contributed by atoms with Crippen LogP contribution in [0.4, 0.5) is 0 Å². The van der Waals surface area contributed by atoms with Crippen molar-refractivity contribution in [2.75, 3.05) is 0 Å². The van der Waals surface area contributed by atoms with Gasteiger partial charge in [-0.2, -0.15) is 0 Å². The lowest BCUT2D eigenvalue weighted by Gasteiger charge is -2.27. The molecule has 0 aliphatic heterocycles. The van der Waals surface area contributed by atoms with E-state index in [9.17, 15) is 4.79 Å². The van der Waals surface area contributed by atoms with E-state index in [-0.39, 0.29) is 18.0 Å². The summed E-state index contributed by atoms with van der Waals surface area (Å²) in [6.45, 7) is 4.31. The highest BCUT2D eigenvalue weighted by atomic mass is 35.5. The summed E-state index contributed by atoms with van der Waals surface area (Å²) < 4.78 is 2.02. The Kier molecular flexibility index (Phi) is 5.00. The minimum atomic E-state index is -0.182. The lowest BCUT2D eigenvalue weighted by atomic mass is 9.91. The third-order valence-corrected chi connectivity index (χ3v) is 5.81. The number of hydrogen-bond donors (Lipinski definition) is 2. The van der Waals surface area contributed by atoms with Gasteiger partial charge in [0, 0.05) is 23.5 Å². The van der Waals surface area contributed by atoms with Gasteiger partial charge in [0.25, 0.3) is 0 Å². The molecule has 5 heteroatoms. The summed E-state index contributed by atoms with van der Waals surface area (Å²) in [5, 5.41) is 5.23. The van der Waals surface area contributed by atoms with Crippen LogP contribution in [0.3, 0.4) is 0 Å². The molecule has 3 aromatic rings. The lowest BCUT2D eigenvalue weighted by molar-refractivity contribution is -0.125. The fourth-order valence-corrected chi connectivity index (χ4v) is 4.45. The van der Waals surface area contributed by atoms with E-state index >= 15 is 0 Å². The smallest absolute Gasteiger partial charge is 0.243 e. The average Bonchev–Trinajstić information content (AvgIpc) is 3.28. The summed E-state index contributed by atoms with van der Waals surface area (Å²) in [4.78, 5) is 16.7. The maximum Gasteiger partial charge on any atom is 0.243 e. The normalized spacial score (nSPS) is 17.9. The van der Waals surface area contributed by atoms with Crippen LogP contribution in [0.5, 0.6) is 0 Å². The van der Waals surface area contributed by atoms with Gasteiger partial charge in [0.05, 0.1) is 16.6 Å². The molecule has 1 aromatic carbocycles. The molecule has 27 heavy (non-hydrogen) atoms. The van der Waals surface area contributed by atoms with Gasteiger partial charge in [-0.05, 0) is 55.4 Å². The van der Waals surface area contributed by atoms with Crippen molar-refractivity contribution in [3.63, 3.8) is 0 Å². The van der Waals surface area contributed by atoms with Crippen LogP contribution >= 0.6 is 11.6 Å². The first kappa shape index (κ1) is 18.2. The molecular formula is C22H26ClN3O. The Morgan fingerprint density at radius 2 is 2.07 bits per heavy atom.